The number of rotatable bonds is 8. The Kier molecular flexibility index (Phi) is 5.47. The maximum absolute atomic E-state index is 6.20. The molecule has 0 bridgehead atoms. The molecule has 1 aliphatic carbocycles. The molecule has 0 saturated heterocycles. The summed E-state index contributed by atoms with van der Waals surface area (Å²) in [6, 6.07) is 9.20. The molecule has 0 radical (unpaired) electrons. The molecule has 1 aromatic rings. The van der Waals surface area contributed by atoms with Gasteiger partial charge in [0.2, 0.25) is 0 Å². The molecule has 3 heteroatoms. The third kappa shape index (κ3) is 3.46. The molecule has 0 fully saturated rings. The van der Waals surface area contributed by atoms with Gasteiger partial charge in [0.1, 0.15) is 17.4 Å². The van der Waals surface area contributed by atoms with E-state index in [9.17, 15) is 0 Å². The Morgan fingerprint density at radius 3 is 2.48 bits per heavy atom. The molecular weight excluding hydrogens is 306 g/mol. The van der Waals surface area contributed by atoms with Crippen LogP contribution in [0.1, 0.15) is 57.9 Å². The van der Waals surface area contributed by atoms with Crippen LogP contribution in [0.3, 0.4) is 0 Å². The Labute approximate surface area is 153 Å². The number of nitrogens with two attached hydrogens (primary N) is 2. The molecule has 0 aromatic heterocycles. The lowest BCUT2D eigenvalue weighted by molar-refractivity contribution is 0.278. The molecule has 3 nitrogen and oxygen atoms in total. The zero-order valence-corrected chi connectivity index (χ0v) is 15.9. The first-order valence-electron chi connectivity index (χ1n) is 10.0. The third-order valence-corrected chi connectivity index (χ3v) is 5.99. The average molecular weight is 341 g/mol. The van der Waals surface area contributed by atoms with Gasteiger partial charge >= 0.3 is 0 Å². The maximum atomic E-state index is 6.20. The zero-order chi connectivity index (χ0) is 17.9. The van der Waals surface area contributed by atoms with Crippen LogP contribution in [0.2, 0.25) is 0 Å². The van der Waals surface area contributed by atoms with Gasteiger partial charge in [0.25, 0.3) is 0 Å². The predicted octanol–water partition coefficient (Wildman–Crippen LogP) is 4.32. The molecular formula is C22H34N3+. The van der Waals surface area contributed by atoms with Gasteiger partial charge in [-0.25, -0.2) is 0 Å². The summed E-state index contributed by atoms with van der Waals surface area (Å²) in [5.74, 6) is 0. The average Bonchev–Trinajstić information content (AvgIpc) is 2.87. The Morgan fingerprint density at radius 2 is 1.72 bits per heavy atom. The van der Waals surface area contributed by atoms with Gasteiger partial charge in [0, 0.05) is 11.1 Å². The second kappa shape index (κ2) is 7.45. The van der Waals surface area contributed by atoms with E-state index in [1.165, 1.54) is 61.9 Å². The number of nitrogens with zero attached hydrogens (tertiary/aromatic N) is 1. The summed E-state index contributed by atoms with van der Waals surface area (Å²) in [4.78, 5) is 0. The summed E-state index contributed by atoms with van der Waals surface area (Å²) in [6.45, 7) is 6.88. The maximum Gasteiger partial charge on any atom is 0.141 e. The monoisotopic (exact) mass is 340 g/mol. The lowest BCUT2D eigenvalue weighted by Crippen LogP contribution is -2.56. The predicted molar refractivity (Wildman–Crippen MR) is 109 cm³/mol. The minimum atomic E-state index is -0.827. The van der Waals surface area contributed by atoms with Gasteiger partial charge in [-0.15, -0.1) is 0 Å². The van der Waals surface area contributed by atoms with Gasteiger partial charge in [0.15, 0.2) is 0 Å². The number of quaternary nitrogens is 1. The van der Waals surface area contributed by atoms with E-state index in [0.717, 1.165) is 11.0 Å². The van der Waals surface area contributed by atoms with E-state index >= 15 is 0 Å². The van der Waals surface area contributed by atoms with Gasteiger partial charge in [-0.3, -0.25) is 4.48 Å². The molecule has 2 unspecified atom stereocenters. The van der Waals surface area contributed by atoms with Crippen molar-refractivity contribution in [2.24, 2.45) is 11.5 Å². The van der Waals surface area contributed by atoms with Crippen LogP contribution in [0.4, 0.5) is 5.69 Å². The quantitative estimate of drug-likeness (QED) is 0.320. The van der Waals surface area contributed by atoms with E-state index < -0.39 is 5.66 Å². The van der Waals surface area contributed by atoms with Gasteiger partial charge in [0.05, 0.1) is 13.1 Å². The third-order valence-electron chi connectivity index (χ3n) is 5.99. The van der Waals surface area contributed by atoms with Crippen LogP contribution in [-0.2, 0) is 0 Å². The smallest absolute Gasteiger partial charge is 0.141 e. The topological polar surface area (TPSA) is 52.0 Å². The van der Waals surface area contributed by atoms with Crippen molar-refractivity contribution in [3.63, 3.8) is 0 Å². The molecule has 2 aliphatic rings. The van der Waals surface area contributed by atoms with Crippen LogP contribution in [0.15, 0.2) is 42.5 Å². The van der Waals surface area contributed by atoms with Crippen LogP contribution in [0.5, 0.6) is 0 Å². The number of unbranched alkanes of at least 4 members (excludes halogenated alkanes) is 5. The number of hydrogen-bond donors (Lipinski definition) is 2. The van der Waals surface area contributed by atoms with Crippen LogP contribution >= 0.6 is 0 Å². The summed E-state index contributed by atoms with van der Waals surface area (Å²) in [5.41, 5.74) is 15.7. The van der Waals surface area contributed by atoms with Gasteiger partial charge in [-0.2, -0.15) is 0 Å². The fourth-order valence-corrected chi connectivity index (χ4v) is 4.65. The summed E-state index contributed by atoms with van der Waals surface area (Å²) in [5, 5.41) is 0. The number of benzene rings is 1. The second-order valence-corrected chi connectivity index (χ2v) is 7.76. The molecule has 0 saturated carbocycles. The van der Waals surface area contributed by atoms with Crippen molar-refractivity contribution in [3.05, 3.63) is 48.1 Å². The van der Waals surface area contributed by atoms with E-state index in [-0.39, 0.29) is 0 Å². The van der Waals surface area contributed by atoms with Crippen molar-refractivity contribution < 1.29 is 0 Å². The standard InChI is InChI=1S/C22H34N3/c1-3-5-6-7-8-11-16-25(4-2)20-13-10-9-12-18(20)19-17-22(23,24)15-14-21(19)25/h9-10,12-15,17,21H,3-8,11,16,23-24H2,1-2H3/q+1. The number of para-hydroxylation sites is 1. The minimum Gasteiger partial charge on any atom is -0.307 e. The van der Waals surface area contributed by atoms with Gasteiger partial charge in [-0.1, -0.05) is 44.7 Å². The molecule has 136 valence electrons. The number of likely N-dealkylation sites (N-methyl/N-ethyl adjacent to an activating group) is 1. The van der Waals surface area contributed by atoms with Crippen LogP contribution in [0.25, 0.3) is 5.57 Å². The summed E-state index contributed by atoms with van der Waals surface area (Å²) in [6.07, 6.45) is 14.3. The second-order valence-electron chi connectivity index (χ2n) is 7.76. The number of hydrogen-bond acceptors (Lipinski definition) is 2. The van der Waals surface area contributed by atoms with E-state index in [1.807, 2.05) is 6.08 Å². The fourth-order valence-electron chi connectivity index (χ4n) is 4.65. The Hall–Kier alpha value is -1.42. The lowest BCUT2D eigenvalue weighted by atomic mass is 9.91. The van der Waals surface area contributed by atoms with Crippen molar-refractivity contribution >= 4 is 11.3 Å². The first kappa shape index (κ1) is 18.4. The van der Waals surface area contributed by atoms with E-state index in [4.69, 9.17) is 11.5 Å². The van der Waals surface area contributed by atoms with Crippen LogP contribution in [-0.4, -0.2) is 24.8 Å². The Bertz CT molecular complexity index is 659. The normalized spacial score (nSPS) is 26.2. The SMILES string of the molecule is CCCCCCCC[N+]1(CC)c2ccccc2C2=CC(N)(N)C=CC21. The summed E-state index contributed by atoms with van der Waals surface area (Å²) < 4.78 is 1.02. The highest BCUT2D eigenvalue weighted by Crippen LogP contribution is 2.48. The molecule has 1 aliphatic heterocycles. The van der Waals surface area contributed by atoms with Gasteiger partial charge < -0.3 is 11.5 Å². The van der Waals surface area contributed by atoms with Gasteiger partial charge in [-0.05, 0) is 50.1 Å². The van der Waals surface area contributed by atoms with Crippen LogP contribution < -0.4 is 16.0 Å². The lowest BCUT2D eigenvalue weighted by Gasteiger charge is -2.40. The Balaban J connectivity index is 1.85. The Morgan fingerprint density at radius 1 is 1.00 bits per heavy atom. The molecule has 4 N–H and O–H groups in total. The molecule has 0 spiro atoms. The zero-order valence-electron chi connectivity index (χ0n) is 15.9. The first-order chi connectivity index (χ1) is 12.0. The van der Waals surface area contributed by atoms with Crippen molar-refractivity contribution in [1.82, 2.24) is 4.48 Å². The van der Waals surface area contributed by atoms with Crippen molar-refractivity contribution in [1.29, 1.82) is 0 Å². The largest absolute Gasteiger partial charge is 0.307 e. The highest BCUT2D eigenvalue weighted by molar-refractivity contribution is 5.88. The van der Waals surface area contributed by atoms with E-state index in [1.54, 1.807) is 0 Å². The van der Waals surface area contributed by atoms with Crippen molar-refractivity contribution in [3.8, 4) is 0 Å². The first-order valence-corrected chi connectivity index (χ1v) is 10.0. The van der Waals surface area contributed by atoms with E-state index in [0.29, 0.717) is 6.04 Å². The minimum absolute atomic E-state index is 0.360. The van der Waals surface area contributed by atoms with E-state index in [2.05, 4.69) is 50.3 Å². The highest BCUT2D eigenvalue weighted by atomic mass is 15.4. The molecule has 0 amide bonds. The van der Waals surface area contributed by atoms with Crippen molar-refractivity contribution in [2.75, 3.05) is 13.1 Å². The number of fused-ring (bicyclic) bond motifs is 3. The molecule has 3 rings (SSSR count). The molecule has 2 atom stereocenters. The highest BCUT2D eigenvalue weighted by Gasteiger charge is 2.48. The molecule has 1 heterocycles. The van der Waals surface area contributed by atoms with Crippen LogP contribution in [0, 0.1) is 0 Å². The van der Waals surface area contributed by atoms with Crippen molar-refractivity contribution in [2.45, 2.75) is 64.1 Å². The molecule has 1 aromatic carbocycles. The summed E-state index contributed by atoms with van der Waals surface area (Å²) in [7, 11) is 0. The summed E-state index contributed by atoms with van der Waals surface area (Å²) >= 11 is 0. The fraction of sp³-hybridized carbons (Fsp3) is 0.545. The molecule has 25 heavy (non-hydrogen) atoms.